The lowest BCUT2D eigenvalue weighted by atomic mass is 9.65. The van der Waals surface area contributed by atoms with E-state index in [9.17, 15) is 10.2 Å². The monoisotopic (exact) mass is 310 g/mol. The maximum Gasteiger partial charge on any atom is 0.115 e. The van der Waals surface area contributed by atoms with Gasteiger partial charge < -0.3 is 10.2 Å². The Morgan fingerprint density at radius 2 is 1.22 bits per heavy atom. The summed E-state index contributed by atoms with van der Waals surface area (Å²) in [5.41, 5.74) is 2.79. The summed E-state index contributed by atoms with van der Waals surface area (Å²) >= 11 is 0. The molecule has 0 bridgehead atoms. The molecule has 2 aromatic carbocycles. The van der Waals surface area contributed by atoms with Crippen molar-refractivity contribution in [2.24, 2.45) is 5.92 Å². The van der Waals surface area contributed by atoms with E-state index in [0.717, 1.165) is 0 Å². The van der Waals surface area contributed by atoms with Gasteiger partial charge in [-0.15, -0.1) is 0 Å². The van der Waals surface area contributed by atoms with Crippen LogP contribution in [0.25, 0.3) is 0 Å². The molecule has 1 aliphatic carbocycles. The van der Waals surface area contributed by atoms with Gasteiger partial charge in [-0.05, 0) is 78.3 Å². The third-order valence-electron chi connectivity index (χ3n) is 5.72. The smallest absolute Gasteiger partial charge is 0.115 e. The van der Waals surface area contributed by atoms with Crippen LogP contribution >= 0.6 is 0 Å². The molecule has 0 amide bonds. The molecule has 0 heterocycles. The van der Waals surface area contributed by atoms with E-state index < -0.39 is 0 Å². The molecule has 0 aromatic heterocycles. The minimum atomic E-state index is 0.133. The molecule has 0 saturated heterocycles. The zero-order valence-corrected chi connectivity index (χ0v) is 14.0. The van der Waals surface area contributed by atoms with Gasteiger partial charge in [0.1, 0.15) is 11.5 Å². The summed E-state index contributed by atoms with van der Waals surface area (Å²) in [5, 5.41) is 18.9. The molecule has 1 fully saturated rings. The van der Waals surface area contributed by atoms with Crippen LogP contribution in [0.15, 0.2) is 48.5 Å². The van der Waals surface area contributed by atoms with E-state index in [-0.39, 0.29) is 5.41 Å². The standard InChI is InChI=1S/C21H26O2/c1-21(2,18-9-13-20(23)14-10-18)17-7-3-15(4-8-17)16-5-11-19(22)12-6-16/h5-6,9-15,17,22-23H,3-4,7-8H2,1-2H3. The van der Waals surface area contributed by atoms with E-state index >= 15 is 0 Å². The Labute approximate surface area is 138 Å². The van der Waals surface area contributed by atoms with Crippen LogP contribution in [0, 0.1) is 5.92 Å². The molecular formula is C21H26O2. The van der Waals surface area contributed by atoms with Gasteiger partial charge in [-0.25, -0.2) is 0 Å². The summed E-state index contributed by atoms with van der Waals surface area (Å²) in [4.78, 5) is 0. The van der Waals surface area contributed by atoms with Gasteiger partial charge in [0.15, 0.2) is 0 Å². The molecule has 3 rings (SSSR count). The third kappa shape index (κ3) is 3.36. The SMILES string of the molecule is CC(C)(c1ccc(O)cc1)C1CCC(c2ccc(O)cc2)CC1. The lowest BCUT2D eigenvalue weighted by Gasteiger charge is -2.40. The second-order valence-electron chi connectivity index (χ2n) is 7.41. The highest BCUT2D eigenvalue weighted by molar-refractivity contribution is 5.32. The lowest BCUT2D eigenvalue weighted by Crippen LogP contribution is -2.31. The fraction of sp³-hybridized carbons (Fsp3) is 0.429. The van der Waals surface area contributed by atoms with E-state index in [1.54, 1.807) is 24.3 Å². The van der Waals surface area contributed by atoms with E-state index in [4.69, 9.17) is 0 Å². The molecule has 1 saturated carbocycles. The van der Waals surface area contributed by atoms with Gasteiger partial charge in [0, 0.05) is 0 Å². The maximum absolute atomic E-state index is 9.50. The molecule has 2 aromatic rings. The van der Waals surface area contributed by atoms with Crippen molar-refractivity contribution < 1.29 is 10.2 Å². The van der Waals surface area contributed by atoms with E-state index in [0.29, 0.717) is 23.3 Å². The van der Waals surface area contributed by atoms with Crippen molar-refractivity contribution >= 4 is 0 Å². The minimum absolute atomic E-state index is 0.133. The van der Waals surface area contributed by atoms with Crippen LogP contribution in [0.3, 0.4) is 0 Å². The number of hydrogen-bond donors (Lipinski definition) is 2. The predicted octanol–water partition coefficient (Wildman–Crippen LogP) is 5.35. The van der Waals surface area contributed by atoms with Crippen molar-refractivity contribution in [2.45, 2.75) is 50.9 Å². The molecule has 2 nitrogen and oxygen atoms in total. The molecule has 122 valence electrons. The summed E-state index contributed by atoms with van der Waals surface area (Å²) in [6, 6.07) is 15.4. The number of benzene rings is 2. The third-order valence-corrected chi connectivity index (χ3v) is 5.72. The van der Waals surface area contributed by atoms with Crippen molar-refractivity contribution in [3.63, 3.8) is 0 Å². The molecule has 2 heteroatoms. The van der Waals surface area contributed by atoms with Crippen molar-refractivity contribution in [1.82, 2.24) is 0 Å². The lowest BCUT2D eigenvalue weighted by molar-refractivity contribution is 0.220. The second kappa shape index (κ2) is 6.27. The fourth-order valence-electron chi connectivity index (χ4n) is 4.02. The van der Waals surface area contributed by atoms with Crippen LogP contribution in [0.5, 0.6) is 11.5 Å². The van der Waals surface area contributed by atoms with Crippen LogP contribution in [0.4, 0.5) is 0 Å². The number of hydrogen-bond acceptors (Lipinski definition) is 2. The van der Waals surface area contributed by atoms with Crippen LogP contribution in [0.1, 0.15) is 56.6 Å². The zero-order valence-electron chi connectivity index (χ0n) is 14.0. The van der Waals surface area contributed by atoms with Gasteiger partial charge in [-0.1, -0.05) is 38.1 Å². The molecule has 23 heavy (non-hydrogen) atoms. The normalized spacial score (nSPS) is 22.0. The number of phenolic OH excluding ortho intramolecular Hbond substituents is 2. The minimum Gasteiger partial charge on any atom is -0.508 e. The first kappa shape index (κ1) is 15.9. The summed E-state index contributed by atoms with van der Waals surface area (Å²) in [7, 11) is 0. The number of rotatable bonds is 3. The summed E-state index contributed by atoms with van der Waals surface area (Å²) in [6.45, 7) is 4.65. The Kier molecular flexibility index (Phi) is 4.34. The van der Waals surface area contributed by atoms with E-state index in [1.807, 2.05) is 0 Å². The number of aromatic hydroxyl groups is 2. The van der Waals surface area contributed by atoms with E-state index in [1.165, 1.54) is 36.8 Å². The van der Waals surface area contributed by atoms with Gasteiger partial charge in [0.25, 0.3) is 0 Å². The molecule has 2 N–H and O–H groups in total. The largest absolute Gasteiger partial charge is 0.508 e. The Morgan fingerprint density at radius 1 is 0.739 bits per heavy atom. The first-order valence-electron chi connectivity index (χ1n) is 8.55. The molecule has 0 radical (unpaired) electrons. The van der Waals surface area contributed by atoms with Gasteiger partial charge in [-0.3, -0.25) is 0 Å². The average molecular weight is 310 g/mol. The van der Waals surface area contributed by atoms with Crippen molar-refractivity contribution in [3.8, 4) is 11.5 Å². The Balaban J connectivity index is 1.68. The van der Waals surface area contributed by atoms with Crippen LogP contribution in [0.2, 0.25) is 0 Å². The van der Waals surface area contributed by atoms with Gasteiger partial charge in [0.2, 0.25) is 0 Å². The van der Waals surface area contributed by atoms with Gasteiger partial charge in [-0.2, -0.15) is 0 Å². The Hall–Kier alpha value is -1.96. The quantitative estimate of drug-likeness (QED) is 0.802. The highest BCUT2D eigenvalue weighted by Crippen LogP contribution is 2.45. The van der Waals surface area contributed by atoms with Gasteiger partial charge >= 0.3 is 0 Å². The zero-order chi connectivity index (χ0) is 16.4. The van der Waals surface area contributed by atoms with Crippen LogP contribution in [-0.2, 0) is 5.41 Å². The maximum atomic E-state index is 9.50. The van der Waals surface area contributed by atoms with Crippen molar-refractivity contribution in [3.05, 3.63) is 59.7 Å². The fourth-order valence-corrected chi connectivity index (χ4v) is 4.02. The van der Waals surface area contributed by atoms with Crippen molar-refractivity contribution in [1.29, 1.82) is 0 Å². The second-order valence-corrected chi connectivity index (χ2v) is 7.41. The topological polar surface area (TPSA) is 40.5 Å². The summed E-state index contributed by atoms with van der Waals surface area (Å²) in [6.07, 6.45) is 4.85. The highest BCUT2D eigenvalue weighted by Gasteiger charge is 2.34. The van der Waals surface area contributed by atoms with Crippen molar-refractivity contribution in [2.75, 3.05) is 0 Å². The predicted molar refractivity (Wildman–Crippen MR) is 93.9 cm³/mol. The summed E-state index contributed by atoms with van der Waals surface area (Å²) < 4.78 is 0. The van der Waals surface area contributed by atoms with Crippen LogP contribution in [-0.4, -0.2) is 10.2 Å². The molecule has 0 atom stereocenters. The number of phenols is 2. The Morgan fingerprint density at radius 3 is 1.74 bits per heavy atom. The Bertz CT molecular complexity index is 633. The first-order valence-corrected chi connectivity index (χ1v) is 8.55. The van der Waals surface area contributed by atoms with Crippen LogP contribution < -0.4 is 0 Å². The summed E-state index contributed by atoms with van der Waals surface area (Å²) in [5.74, 6) is 1.96. The molecule has 0 unspecified atom stereocenters. The highest BCUT2D eigenvalue weighted by atomic mass is 16.3. The first-order chi connectivity index (χ1) is 11.0. The molecule has 0 aliphatic heterocycles. The molecule has 1 aliphatic rings. The van der Waals surface area contributed by atoms with E-state index in [2.05, 4.69) is 38.1 Å². The molecule has 0 spiro atoms. The average Bonchev–Trinajstić information content (AvgIpc) is 2.56. The molecular weight excluding hydrogens is 284 g/mol. The van der Waals surface area contributed by atoms with Gasteiger partial charge in [0.05, 0.1) is 0 Å².